The fourth-order valence-corrected chi connectivity index (χ4v) is 14.6. The van der Waals surface area contributed by atoms with Crippen molar-refractivity contribution in [3.8, 4) is 0 Å². The third kappa shape index (κ3) is 10.9. The van der Waals surface area contributed by atoms with E-state index in [1.807, 2.05) is 19.6 Å². The summed E-state index contributed by atoms with van der Waals surface area (Å²) < 4.78 is 23.4. The second-order valence-corrected chi connectivity index (χ2v) is 19.7. The van der Waals surface area contributed by atoms with Crippen molar-refractivity contribution in [2.45, 2.75) is 65.6 Å². The summed E-state index contributed by atoms with van der Waals surface area (Å²) in [7, 11) is -7.23. The molecule has 0 bridgehead atoms. The summed E-state index contributed by atoms with van der Waals surface area (Å²) in [5.74, 6) is -0.841. The summed E-state index contributed by atoms with van der Waals surface area (Å²) in [6.45, 7) is 22.6. The molecule has 0 aromatic rings. The molecule has 0 fully saturated rings. The minimum absolute atomic E-state index is 0.278. The molecule has 0 aliphatic rings. The lowest BCUT2D eigenvalue weighted by atomic mass is 10.4. The molecule has 0 aliphatic heterocycles. The predicted molar refractivity (Wildman–Crippen MR) is 111 cm³/mol. The van der Waals surface area contributed by atoms with Gasteiger partial charge in [-0.3, -0.25) is 0 Å². The van der Waals surface area contributed by atoms with Crippen LogP contribution in [0.5, 0.6) is 0 Å². The standard InChI is InChI=1S/C17H34O6Si3/c1-14(2)16(18)20-12-11-13-26(10,22-24(5,6)7)23-25(8,9)21-17(19)15(3)4/h1,3,11-13H2,2,4-10H3. The van der Waals surface area contributed by atoms with Gasteiger partial charge in [0.2, 0.25) is 0 Å². The Morgan fingerprint density at radius 3 is 1.77 bits per heavy atom. The van der Waals surface area contributed by atoms with Gasteiger partial charge in [-0.25, -0.2) is 9.59 Å². The average Bonchev–Trinajstić information content (AvgIpc) is 2.39. The van der Waals surface area contributed by atoms with Crippen LogP contribution in [0.3, 0.4) is 0 Å². The first-order valence-corrected chi connectivity index (χ1v) is 17.4. The normalized spacial score (nSPS) is 14.3. The zero-order valence-corrected chi connectivity index (χ0v) is 20.5. The molecule has 0 heterocycles. The average molecular weight is 419 g/mol. The maximum Gasteiger partial charge on any atom is 0.386 e. The molecule has 0 saturated carbocycles. The van der Waals surface area contributed by atoms with E-state index in [4.69, 9.17) is 17.4 Å². The van der Waals surface area contributed by atoms with Crippen LogP contribution in [-0.4, -0.2) is 44.0 Å². The van der Waals surface area contributed by atoms with E-state index in [-0.39, 0.29) is 6.61 Å². The molecule has 1 unspecified atom stereocenters. The van der Waals surface area contributed by atoms with Crippen molar-refractivity contribution in [3.05, 3.63) is 24.3 Å². The van der Waals surface area contributed by atoms with Crippen molar-refractivity contribution in [1.29, 1.82) is 0 Å². The van der Waals surface area contributed by atoms with Crippen molar-refractivity contribution in [2.24, 2.45) is 0 Å². The summed E-state index contributed by atoms with van der Waals surface area (Å²) in [6, 6.07) is 0.641. The highest BCUT2D eigenvalue weighted by molar-refractivity contribution is 6.86. The van der Waals surface area contributed by atoms with Gasteiger partial charge >= 0.3 is 29.1 Å². The molecule has 0 rings (SSSR count). The third-order valence-electron chi connectivity index (χ3n) is 3.03. The van der Waals surface area contributed by atoms with Crippen molar-refractivity contribution >= 4 is 37.4 Å². The summed E-state index contributed by atoms with van der Waals surface area (Å²) in [5, 5.41) is 0. The summed E-state index contributed by atoms with van der Waals surface area (Å²) in [6.07, 6.45) is 0.616. The lowest BCUT2D eigenvalue weighted by Crippen LogP contribution is -2.55. The number of hydrogen-bond acceptors (Lipinski definition) is 6. The molecule has 150 valence electrons. The minimum Gasteiger partial charge on any atom is -0.492 e. The van der Waals surface area contributed by atoms with Gasteiger partial charge in [-0.2, -0.15) is 0 Å². The molecule has 0 amide bonds. The molecule has 0 N–H and O–H groups in total. The SMILES string of the molecule is C=C(C)C(=O)OCCC[Si](C)(O[Si](C)(C)C)O[Si](C)(C)OC(=O)C(=C)C. The minimum atomic E-state index is -2.74. The Kier molecular flexibility index (Phi) is 9.41. The first-order chi connectivity index (χ1) is 11.6. The van der Waals surface area contributed by atoms with Crippen molar-refractivity contribution in [3.63, 3.8) is 0 Å². The Morgan fingerprint density at radius 1 is 0.846 bits per heavy atom. The monoisotopic (exact) mass is 418 g/mol. The Labute approximate surface area is 161 Å². The van der Waals surface area contributed by atoms with Crippen LogP contribution in [0.1, 0.15) is 20.3 Å². The van der Waals surface area contributed by atoms with E-state index in [1.165, 1.54) is 0 Å². The van der Waals surface area contributed by atoms with E-state index in [2.05, 4.69) is 32.8 Å². The molecule has 0 aromatic heterocycles. The first kappa shape index (κ1) is 25.0. The van der Waals surface area contributed by atoms with Gasteiger partial charge in [0.1, 0.15) is 0 Å². The van der Waals surface area contributed by atoms with Gasteiger partial charge in [0.05, 0.1) is 6.61 Å². The molecule has 0 aliphatic carbocycles. The largest absolute Gasteiger partial charge is 0.492 e. The second kappa shape index (κ2) is 9.79. The number of carbonyl (C=O) groups excluding carboxylic acids is 2. The fraction of sp³-hybridized carbons (Fsp3) is 0.647. The number of rotatable bonds is 11. The van der Waals surface area contributed by atoms with Gasteiger partial charge in [0.15, 0.2) is 8.32 Å². The molecule has 6 nitrogen and oxygen atoms in total. The predicted octanol–water partition coefficient (Wildman–Crippen LogP) is 4.26. The summed E-state index contributed by atoms with van der Waals surface area (Å²) in [5.41, 5.74) is 0.718. The van der Waals surface area contributed by atoms with E-state index >= 15 is 0 Å². The van der Waals surface area contributed by atoms with Gasteiger partial charge in [-0.05, 0) is 65.6 Å². The Balaban J connectivity index is 5.01. The van der Waals surface area contributed by atoms with Gasteiger partial charge in [0, 0.05) is 11.1 Å². The van der Waals surface area contributed by atoms with E-state index in [0.717, 1.165) is 0 Å². The van der Waals surface area contributed by atoms with Crippen LogP contribution in [0.2, 0.25) is 45.3 Å². The van der Waals surface area contributed by atoms with Gasteiger partial charge in [-0.1, -0.05) is 13.2 Å². The number of carbonyl (C=O) groups is 2. The summed E-state index contributed by atoms with van der Waals surface area (Å²) >= 11 is 0. The molecule has 0 radical (unpaired) electrons. The molecular weight excluding hydrogens is 384 g/mol. The lowest BCUT2D eigenvalue weighted by molar-refractivity contribution is -0.139. The quantitative estimate of drug-likeness (QED) is 0.216. The van der Waals surface area contributed by atoms with E-state index in [1.54, 1.807) is 13.8 Å². The van der Waals surface area contributed by atoms with Crippen LogP contribution in [0.25, 0.3) is 0 Å². The van der Waals surface area contributed by atoms with E-state index in [9.17, 15) is 9.59 Å². The second-order valence-electron chi connectivity index (χ2n) is 8.04. The zero-order valence-electron chi connectivity index (χ0n) is 17.5. The van der Waals surface area contributed by atoms with Crippen LogP contribution in [-0.2, 0) is 27.0 Å². The third-order valence-corrected chi connectivity index (χ3v) is 12.8. The van der Waals surface area contributed by atoms with Crippen molar-refractivity contribution < 1.29 is 27.0 Å². The first-order valence-electron chi connectivity index (χ1n) is 8.69. The van der Waals surface area contributed by atoms with Crippen molar-refractivity contribution in [1.82, 2.24) is 0 Å². The Morgan fingerprint density at radius 2 is 1.35 bits per heavy atom. The highest BCUT2D eigenvalue weighted by atomic mass is 28.5. The van der Waals surface area contributed by atoms with Gasteiger partial charge in [-0.15, -0.1) is 0 Å². The number of hydrogen-bond donors (Lipinski definition) is 0. The number of ether oxygens (including phenoxy) is 1. The van der Waals surface area contributed by atoms with Crippen molar-refractivity contribution in [2.75, 3.05) is 6.61 Å². The summed E-state index contributed by atoms with van der Waals surface area (Å²) in [4.78, 5) is 23.4. The van der Waals surface area contributed by atoms with E-state index in [0.29, 0.717) is 23.6 Å². The Hall–Kier alpha value is -1.01. The van der Waals surface area contributed by atoms with Crippen LogP contribution >= 0.6 is 0 Å². The fourth-order valence-electron chi connectivity index (χ4n) is 2.30. The zero-order chi connectivity index (χ0) is 20.8. The van der Waals surface area contributed by atoms with Crippen LogP contribution < -0.4 is 0 Å². The molecule has 9 heteroatoms. The molecule has 0 saturated heterocycles. The van der Waals surface area contributed by atoms with Gasteiger partial charge < -0.3 is 17.4 Å². The highest BCUT2D eigenvalue weighted by Gasteiger charge is 2.44. The topological polar surface area (TPSA) is 71.1 Å². The maximum absolute atomic E-state index is 11.9. The maximum atomic E-state index is 11.9. The van der Waals surface area contributed by atoms with Crippen LogP contribution in [0.15, 0.2) is 24.3 Å². The molecular formula is C17H34O6Si3. The van der Waals surface area contributed by atoms with E-state index < -0.39 is 37.4 Å². The number of esters is 1. The van der Waals surface area contributed by atoms with Gasteiger partial charge in [0.25, 0.3) is 0 Å². The molecule has 0 spiro atoms. The molecule has 26 heavy (non-hydrogen) atoms. The smallest absolute Gasteiger partial charge is 0.386 e. The Bertz CT molecular complexity index is 553. The lowest BCUT2D eigenvalue weighted by Gasteiger charge is -2.38. The highest BCUT2D eigenvalue weighted by Crippen LogP contribution is 2.26. The van der Waals surface area contributed by atoms with Crippen LogP contribution in [0.4, 0.5) is 0 Å². The molecule has 0 aromatic carbocycles. The van der Waals surface area contributed by atoms with Crippen LogP contribution in [0, 0.1) is 0 Å². The molecule has 1 atom stereocenters.